The minimum atomic E-state index is -0.630. The standard InChI is InChI=1S/C12H20N2O4/c1-9-7-17-5-4-13-3-2-11(15)14(9)10-6-12(16)18-8-10/h6,9,11,13,15H,2-5,7-8H2,1H3. The molecule has 2 aliphatic rings. The van der Waals surface area contributed by atoms with Crippen molar-refractivity contribution in [1.82, 2.24) is 10.2 Å². The molecule has 0 radical (unpaired) electrons. The van der Waals surface area contributed by atoms with E-state index in [-0.39, 0.29) is 18.6 Å². The van der Waals surface area contributed by atoms with Gasteiger partial charge in [-0.1, -0.05) is 0 Å². The summed E-state index contributed by atoms with van der Waals surface area (Å²) in [5, 5.41) is 13.4. The monoisotopic (exact) mass is 256 g/mol. The van der Waals surface area contributed by atoms with Crippen LogP contribution in [0.25, 0.3) is 0 Å². The van der Waals surface area contributed by atoms with Crippen molar-refractivity contribution in [3.8, 4) is 0 Å². The molecule has 0 amide bonds. The first-order valence-corrected chi connectivity index (χ1v) is 6.30. The van der Waals surface area contributed by atoms with Crippen molar-refractivity contribution < 1.29 is 19.4 Å². The van der Waals surface area contributed by atoms with Gasteiger partial charge in [0.15, 0.2) is 0 Å². The molecule has 2 heterocycles. The van der Waals surface area contributed by atoms with Crippen LogP contribution in [0.2, 0.25) is 0 Å². The van der Waals surface area contributed by atoms with Crippen LogP contribution in [0, 0.1) is 0 Å². The van der Waals surface area contributed by atoms with Crippen molar-refractivity contribution in [3.63, 3.8) is 0 Å². The normalized spacial score (nSPS) is 30.9. The highest BCUT2D eigenvalue weighted by Crippen LogP contribution is 2.20. The number of aliphatic hydroxyl groups is 1. The molecule has 18 heavy (non-hydrogen) atoms. The van der Waals surface area contributed by atoms with E-state index < -0.39 is 6.23 Å². The first-order valence-electron chi connectivity index (χ1n) is 6.30. The van der Waals surface area contributed by atoms with Gasteiger partial charge in [0.05, 0.1) is 25.0 Å². The Morgan fingerprint density at radius 3 is 3.06 bits per heavy atom. The maximum Gasteiger partial charge on any atom is 0.333 e. The number of carbonyl (C=O) groups is 1. The molecule has 2 rings (SSSR count). The Labute approximate surface area is 107 Å². The first kappa shape index (κ1) is 13.3. The molecule has 0 spiro atoms. The van der Waals surface area contributed by atoms with E-state index in [1.807, 2.05) is 11.8 Å². The third-order valence-corrected chi connectivity index (χ3v) is 3.14. The zero-order valence-corrected chi connectivity index (χ0v) is 10.6. The van der Waals surface area contributed by atoms with Gasteiger partial charge < -0.3 is 24.8 Å². The summed E-state index contributed by atoms with van der Waals surface area (Å²) in [6.07, 6.45) is 1.42. The molecule has 1 fully saturated rings. The van der Waals surface area contributed by atoms with E-state index in [1.165, 1.54) is 6.08 Å². The Balaban J connectivity index is 2.09. The lowest BCUT2D eigenvalue weighted by molar-refractivity contribution is -0.135. The number of ether oxygens (including phenoxy) is 2. The zero-order valence-electron chi connectivity index (χ0n) is 10.6. The van der Waals surface area contributed by atoms with Gasteiger partial charge in [-0.15, -0.1) is 0 Å². The maximum absolute atomic E-state index is 11.1. The summed E-state index contributed by atoms with van der Waals surface area (Å²) in [4.78, 5) is 13.0. The van der Waals surface area contributed by atoms with Crippen LogP contribution in [-0.4, -0.2) is 61.2 Å². The van der Waals surface area contributed by atoms with Crippen molar-refractivity contribution in [2.75, 3.05) is 32.9 Å². The summed E-state index contributed by atoms with van der Waals surface area (Å²) in [6.45, 7) is 4.89. The second kappa shape index (κ2) is 6.17. The van der Waals surface area contributed by atoms with Crippen LogP contribution in [0.4, 0.5) is 0 Å². The predicted octanol–water partition coefficient (Wildman–Crippen LogP) is -0.554. The quantitative estimate of drug-likeness (QED) is 0.613. The van der Waals surface area contributed by atoms with Gasteiger partial charge in [0, 0.05) is 19.0 Å². The second-order valence-corrected chi connectivity index (χ2v) is 4.59. The summed E-state index contributed by atoms with van der Waals surface area (Å²) < 4.78 is 10.4. The summed E-state index contributed by atoms with van der Waals surface area (Å²) in [6, 6.07) is 0.0128. The second-order valence-electron chi connectivity index (χ2n) is 4.59. The summed E-state index contributed by atoms with van der Waals surface area (Å²) >= 11 is 0. The van der Waals surface area contributed by atoms with Crippen LogP contribution in [0.1, 0.15) is 13.3 Å². The van der Waals surface area contributed by atoms with Gasteiger partial charge >= 0.3 is 5.97 Å². The number of carbonyl (C=O) groups excluding carboxylic acids is 1. The molecule has 102 valence electrons. The number of rotatable bonds is 1. The molecule has 0 aromatic heterocycles. The van der Waals surface area contributed by atoms with Crippen LogP contribution < -0.4 is 5.32 Å². The lowest BCUT2D eigenvalue weighted by atomic mass is 10.2. The number of aliphatic hydroxyl groups excluding tert-OH is 1. The molecule has 0 aromatic rings. The van der Waals surface area contributed by atoms with Gasteiger partial charge in [-0.05, 0) is 13.5 Å². The molecule has 1 saturated heterocycles. The van der Waals surface area contributed by atoms with Gasteiger partial charge in [-0.25, -0.2) is 4.79 Å². The van der Waals surface area contributed by atoms with Crippen LogP contribution in [-0.2, 0) is 14.3 Å². The molecule has 0 bridgehead atoms. The van der Waals surface area contributed by atoms with Gasteiger partial charge in [0.1, 0.15) is 12.8 Å². The van der Waals surface area contributed by atoms with Crippen molar-refractivity contribution in [2.45, 2.75) is 25.6 Å². The van der Waals surface area contributed by atoms with Crippen molar-refractivity contribution in [3.05, 3.63) is 11.8 Å². The smallest absolute Gasteiger partial charge is 0.333 e. The molecular weight excluding hydrogens is 236 g/mol. The summed E-state index contributed by atoms with van der Waals surface area (Å²) in [7, 11) is 0. The fourth-order valence-corrected chi connectivity index (χ4v) is 2.26. The lowest BCUT2D eigenvalue weighted by Gasteiger charge is -2.36. The van der Waals surface area contributed by atoms with Gasteiger partial charge in [-0.2, -0.15) is 0 Å². The van der Waals surface area contributed by atoms with E-state index in [1.54, 1.807) is 0 Å². The molecule has 2 atom stereocenters. The average molecular weight is 256 g/mol. The zero-order chi connectivity index (χ0) is 13.0. The summed E-state index contributed by atoms with van der Waals surface area (Å²) in [5.41, 5.74) is 0.726. The van der Waals surface area contributed by atoms with E-state index in [2.05, 4.69) is 5.32 Å². The molecule has 2 unspecified atom stereocenters. The highest BCUT2D eigenvalue weighted by molar-refractivity contribution is 5.85. The number of hydrogen-bond acceptors (Lipinski definition) is 6. The van der Waals surface area contributed by atoms with Crippen LogP contribution in [0.5, 0.6) is 0 Å². The maximum atomic E-state index is 11.1. The minimum Gasteiger partial charge on any atom is -0.456 e. The SMILES string of the molecule is CC1COCCNCCC(O)N1C1=CC(=O)OC1. The fourth-order valence-electron chi connectivity index (χ4n) is 2.26. The van der Waals surface area contributed by atoms with Crippen LogP contribution >= 0.6 is 0 Å². The average Bonchev–Trinajstić information content (AvgIpc) is 2.74. The van der Waals surface area contributed by atoms with Crippen molar-refractivity contribution in [2.24, 2.45) is 0 Å². The molecular formula is C12H20N2O4. The lowest BCUT2D eigenvalue weighted by Crippen LogP contribution is -2.46. The van der Waals surface area contributed by atoms with E-state index in [9.17, 15) is 9.90 Å². The minimum absolute atomic E-state index is 0.0128. The molecule has 0 saturated carbocycles. The molecule has 6 nitrogen and oxygen atoms in total. The first-order chi connectivity index (χ1) is 8.68. The Hall–Kier alpha value is -1.11. The number of nitrogens with one attached hydrogen (secondary N) is 1. The highest BCUT2D eigenvalue weighted by Gasteiger charge is 2.28. The van der Waals surface area contributed by atoms with E-state index >= 15 is 0 Å². The Kier molecular flexibility index (Phi) is 4.57. The molecule has 2 aliphatic heterocycles. The predicted molar refractivity (Wildman–Crippen MR) is 64.7 cm³/mol. The van der Waals surface area contributed by atoms with Crippen LogP contribution in [0.15, 0.2) is 11.8 Å². The van der Waals surface area contributed by atoms with E-state index in [4.69, 9.17) is 9.47 Å². The van der Waals surface area contributed by atoms with E-state index in [0.717, 1.165) is 18.8 Å². The number of nitrogens with zero attached hydrogens (tertiary/aromatic N) is 1. The van der Waals surface area contributed by atoms with Gasteiger partial charge in [-0.3, -0.25) is 0 Å². The molecule has 2 N–H and O–H groups in total. The largest absolute Gasteiger partial charge is 0.456 e. The van der Waals surface area contributed by atoms with Crippen molar-refractivity contribution >= 4 is 5.97 Å². The summed E-state index contributed by atoms with van der Waals surface area (Å²) in [5.74, 6) is -0.347. The molecule has 6 heteroatoms. The molecule has 0 aromatic carbocycles. The number of cyclic esters (lactones) is 1. The Bertz CT molecular complexity index is 318. The Morgan fingerprint density at radius 2 is 2.33 bits per heavy atom. The third kappa shape index (κ3) is 3.22. The fraction of sp³-hybridized carbons (Fsp3) is 0.750. The molecule has 0 aliphatic carbocycles. The van der Waals surface area contributed by atoms with Crippen LogP contribution in [0.3, 0.4) is 0 Å². The van der Waals surface area contributed by atoms with Gasteiger partial charge in [0.2, 0.25) is 0 Å². The number of hydrogen-bond donors (Lipinski definition) is 2. The van der Waals surface area contributed by atoms with Crippen molar-refractivity contribution in [1.29, 1.82) is 0 Å². The topological polar surface area (TPSA) is 71.0 Å². The van der Waals surface area contributed by atoms with E-state index in [0.29, 0.717) is 19.6 Å². The Morgan fingerprint density at radius 1 is 1.50 bits per heavy atom. The van der Waals surface area contributed by atoms with Gasteiger partial charge in [0.25, 0.3) is 0 Å². The highest BCUT2D eigenvalue weighted by atomic mass is 16.5. The number of esters is 1. The third-order valence-electron chi connectivity index (χ3n) is 3.14.